The quantitative estimate of drug-likeness (QED) is 0.809. The van der Waals surface area contributed by atoms with E-state index >= 15 is 0 Å². The van der Waals surface area contributed by atoms with Crippen molar-refractivity contribution >= 4 is 21.6 Å². The molecule has 0 unspecified atom stereocenters. The zero-order valence-corrected chi connectivity index (χ0v) is 10.1. The van der Waals surface area contributed by atoms with Crippen molar-refractivity contribution in [1.82, 2.24) is 14.7 Å². The molecule has 7 heteroatoms. The third kappa shape index (κ3) is 3.13. The standard InChI is InChI=1S/C9H12ClN3O2S/c10-9-11-5-8(6-12-9)16(14,15)13-4-3-7-1-2-7/h5-7,13H,1-4H2. The summed E-state index contributed by atoms with van der Waals surface area (Å²) in [5, 5.41) is 0.0388. The van der Waals surface area contributed by atoms with E-state index in [1.54, 1.807) is 0 Å². The van der Waals surface area contributed by atoms with Gasteiger partial charge in [-0.15, -0.1) is 0 Å². The summed E-state index contributed by atoms with van der Waals surface area (Å²) < 4.78 is 25.9. The Labute approximate surface area is 99.3 Å². The summed E-state index contributed by atoms with van der Waals surface area (Å²) in [5.74, 6) is 0.698. The Morgan fingerprint density at radius 3 is 2.56 bits per heavy atom. The zero-order chi connectivity index (χ0) is 11.6. The number of sulfonamides is 1. The summed E-state index contributed by atoms with van der Waals surface area (Å²) in [6, 6.07) is 0. The molecule has 1 saturated carbocycles. The third-order valence-corrected chi connectivity index (χ3v) is 4.06. The fourth-order valence-corrected chi connectivity index (χ4v) is 2.36. The molecule has 0 spiro atoms. The van der Waals surface area contributed by atoms with E-state index in [0.29, 0.717) is 12.5 Å². The SMILES string of the molecule is O=S(=O)(NCCC1CC1)c1cnc(Cl)nc1. The lowest BCUT2D eigenvalue weighted by Gasteiger charge is -2.05. The number of halogens is 1. The van der Waals surface area contributed by atoms with Crippen molar-refractivity contribution in [2.75, 3.05) is 6.54 Å². The van der Waals surface area contributed by atoms with E-state index in [9.17, 15) is 8.42 Å². The minimum atomic E-state index is -3.48. The van der Waals surface area contributed by atoms with Crippen LogP contribution in [0.25, 0.3) is 0 Å². The summed E-state index contributed by atoms with van der Waals surface area (Å²) in [4.78, 5) is 7.32. The van der Waals surface area contributed by atoms with Crippen molar-refractivity contribution in [3.63, 3.8) is 0 Å². The normalized spacial score (nSPS) is 16.3. The van der Waals surface area contributed by atoms with Gasteiger partial charge in [-0.1, -0.05) is 12.8 Å². The molecule has 1 N–H and O–H groups in total. The molecule has 1 aromatic rings. The van der Waals surface area contributed by atoms with E-state index in [4.69, 9.17) is 11.6 Å². The van der Waals surface area contributed by atoms with Gasteiger partial charge >= 0.3 is 0 Å². The van der Waals surface area contributed by atoms with Crippen molar-refractivity contribution in [3.8, 4) is 0 Å². The molecule has 16 heavy (non-hydrogen) atoms. The van der Waals surface area contributed by atoms with Gasteiger partial charge in [-0.3, -0.25) is 0 Å². The largest absolute Gasteiger partial charge is 0.243 e. The summed E-state index contributed by atoms with van der Waals surface area (Å²) in [6.45, 7) is 0.468. The van der Waals surface area contributed by atoms with Gasteiger partial charge in [-0.2, -0.15) is 0 Å². The number of rotatable bonds is 5. The van der Waals surface area contributed by atoms with Crippen LogP contribution in [0.1, 0.15) is 19.3 Å². The molecule has 0 radical (unpaired) electrons. The van der Waals surface area contributed by atoms with E-state index in [-0.39, 0.29) is 10.2 Å². The second-order valence-corrected chi connectivity index (χ2v) is 5.92. The van der Waals surface area contributed by atoms with Gasteiger partial charge in [0.1, 0.15) is 4.90 Å². The zero-order valence-electron chi connectivity index (χ0n) is 8.56. The predicted octanol–water partition coefficient (Wildman–Crippen LogP) is 1.21. The molecular weight excluding hydrogens is 250 g/mol. The molecule has 0 aromatic carbocycles. The molecule has 1 heterocycles. The van der Waals surface area contributed by atoms with E-state index < -0.39 is 10.0 Å². The lowest BCUT2D eigenvalue weighted by Crippen LogP contribution is -2.25. The van der Waals surface area contributed by atoms with Crippen molar-refractivity contribution in [3.05, 3.63) is 17.7 Å². The summed E-state index contributed by atoms with van der Waals surface area (Å²) >= 11 is 5.48. The summed E-state index contributed by atoms with van der Waals surface area (Å²) in [6.07, 6.45) is 5.73. The van der Waals surface area contributed by atoms with Gasteiger partial charge in [-0.25, -0.2) is 23.1 Å². The van der Waals surface area contributed by atoms with Crippen LogP contribution in [-0.2, 0) is 10.0 Å². The summed E-state index contributed by atoms with van der Waals surface area (Å²) in [7, 11) is -3.48. The van der Waals surface area contributed by atoms with E-state index in [2.05, 4.69) is 14.7 Å². The molecule has 0 saturated heterocycles. The molecule has 1 aliphatic rings. The number of aromatic nitrogens is 2. The Balaban J connectivity index is 1.97. The number of hydrogen-bond donors (Lipinski definition) is 1. The van der Waals surface area contributed by atoms with Gasteiger partial charge in [0.25, 0.3) is 0 Å². The van der Waals surface area contributed by atoms with Crippen molar-refractivity contribution in [2.45, 2.75) is 24.2 Å². The fraction of sp³-hybridized carbons (Fsp3) is 0.556. The first-order chi connectivity index (χ1) is 7.58. The van der Waals surface area contributed by atoms with Gasteiger partial charge in [0.05, 0.1) is 12.4 Å². The highest BCUT2D eigenvalue weighted by atomic mass is 35.5. The number of nitrogens with one attached hydrogen (secondary N) is 1. The first-order valence-corrected chi connectivity index (χ1v) is 6.91. The smallest absolute Gasteiger partial charge is 0.225 e. The Morgan fingerprint density at radius 2 is 2.00 bits per heavy atom. The maximum Gasteiger partial charge on any atom is 0.243 e. The topological polar surface area (TPSA) is 72.0 Å². The van der Waals surface area contributed by atoms with Crippen molar-refractivity contribution < 1.29 is 8.42 Å². The highest BCUT2D eigenvalue weighted by Crippen LogP contribution is 2.31. The van der Waals surface area contributed by atoms with Crippen LogP contribution in [0.15, 0.2) is 17.3 Å². The van der Waals surface area contributed by atoms with Crippen LogP contribution in [0.5, 0.6) is 0 Å². The van der Waals surface area contributed by atoms with Gasteiger partial charge in [-0.05, 0) is 23.9 Å². The van der Waals surface area contributed by atoms with Gasteiger partial charge in [0, 0.05) is 6.54 Å². The maximum atomic E-state index is 11.7. The molecule has 2 rings (SSSR count). The molecule has 5 nitrogen and oxygen atoms in total. The van der Waals surface area contributed by atoms with Crippen LogP contribution in [0.2, 0.25) is 5.28 Å². The molecule has 1 aliphatic carbocycles. The average molecular weight is 262 g/mol. The number of nitrogens with zero attached hydrogens (tertiary/aromatic N) is 2. The highest BCUT2D eigenvalue weighted by molar-refractivity contribution is 7.89. The summed E-state index contributed by atoms with van der Waals surface area (Å²) in [5.41, 5.74) is 0. The first kappa shape index (κ1) is 11.8. The second-order valence-electron chi connectivity index (χ2n) is 3.82. The molecule has 0 bridgehead atoms. The molecule has 0 atom stereocenters. The minimum absolute atomic E-state index is 0.0388. The van der Waals surface area contributed by atoms with Crippen LogP contribution in [0.4, 0.5) is 0 Å². The van der Waals surface area contributed by atoms with Crippen molar-refractivity contribution in [1.29, 1.82) is 0 Å². The Morgan fingerprint density at radius 1 is 1.38 bits per heavy atom. The van der Waals surface area contributed by atoms with Crippen LogP contribution in [-0.4, -0.2) is 24.9 Å². The Bertz CT molecular complexity index is 456. The maximum absolute atomic E-state index is 11.7. The van der Waals surface area contributed by atoms with E-state index in [1.165, 1.54) is 25.2 Å². The molecule has 1 aromatic heterocycles. The minimum Gasteiger partial charge on any atom is -0.225 e. The van der Waals surface area contributed by atoms with Gasteiger partial charge < -0.3 is 0 Å². The molecule has 0 amide bonds. The molecule has 1 fully saturated rings. The highest BCUT2D eigenvalue weighted by Gasteiger charge is 2.22. The Kier molecular flexibility index (Phi) is 3.41. The van der Waals surface area contributed by atoms with Gasteiger partial charge in [0.2, 0.25) is 15.3 Å². The fourth-order valence-electron chi connectivity index (χ4n) is 1.33. The third-order valence-electron chi connectivity index (χ3n) is 2.45. The van der Waals surface area contributed by atoms with Crippen LogP contribution in [0, 0.1) is 5.92 Å². The van der Waals surface area contributed by atoms with Crippen molar-refractivity contribution in [2.24, 2.45) is 5.92 Å². The van der Waals surface area contributed by atoms with E-state index in [0.717, 1.165) is 6.42 Å². The lowest BCUT2D eigenvalue weighted by atomic mass is 10.3. The lowest BCUT2D eigenvalue weighted by molar-refractivity contribution is 0.574. The van der Waals surface area contributed by atoms with Crippen LogP contribution < -0.4 is 4.72 Å². The number of hydrogen-bond acceptors (Lipinski definition) is 4. The molecule has 88 valence electrons. The second kappa shape index (κ2) is 4.65. The molecule has 0 aliphatic heterocycles. The predicted molar refractivity (Wildman–Crippen MR) is 59.6 cm³/mol. The van der Waals surface area contributed by atoms with Crippen LogP contribution in [0.3, 0.4) is 0 Å². The Hall–Kier alpha value is -0.720. The van der Waals surface area contributed by atoms with Crippen LogP contribution >= 0.6 is 11.6 Å². The molecular formula is C9H12ClN3O2S. The van der Waals surface area contributed by atoms with Gasteiger partial charge in [0.15, 0.2) is 0 Å². The average Bonchev–Trinajstić information content (AvgIpc) is 3.02. The first-order valence-electron chi connectivity index (χ1n) is 5.05. The monoisotopic (exact) mass is 261 g/mol. The van der Waals surface area contributed by atoms with E-state index in [1.807, 2.05) is 0 Å².